The van der Waals surface area contributed by atoms with Gasteiger partial charge in [-0.3, -0.25) is 0 Å². The molecule has 0 unspecified atom stereocenters. The molecule has 6 heteroatoms. The Morgan fingerprint density at radius 2 is 1.80 bits per heavy atom. The normalized spacial score (nSPS) is 11.2. The van der Waals surface area contributed by atoms with Gasteiger partial charge in [-0.1, -0.05) is 31.1 Å². The third kappa shape index (κ3) is 4.32. The summed E-state index contributed by atoms with van der Waals surface area (Å²) in [6.45, 7) is 6.14. The van der Waals surface area contributed by atoms with Gasteiger partial charge in [0.2, 0.25) is 5.89 Å². The molecule has 0 amide bonds. The topological polar surface area (TPSA) is 69.6 Å². The molecule has 2 heterocycles. The Hall–Kier alpha value is -2.50. The molecular formula is C19H25N5O. The smallest absolute Gasteiger partial charge is 0.226 e. The summed E-state index contributed by atoms with van der Waals surface area (Å²) in [7, 11) is 0. The van der Waals surface area contributed by atoms with Crippen molar-refractivity contribution in [2.75, 3.05) is 0 Å². The number of aromatic nitrogens is 5. The SMILES string of the molecule is CCCc1nc(CCCc2nc(C)no2)n(-c2ccc(CC)cc2)n1. The highest BCUT2D eigenvalue weighted by molar-refractivity contribution is 5.34. The van der Waals surface area contributed by atoms with Gasteiger partial charge in [-0.05, 0) is 43.9 Å². The second kappa shape index (κ2) is 8.05. The van der Waals surface area contributed by atoms with Crippen LogP contribution in [0.1, 0.15) is 55.6 Å². The van der Waals surface area contributed by atoms with Crippen molar-refractivity contribution in [1.82, 2.24) is 24.9 Å². The molecule has 0 saturated carbocycles. The first-order valence-corrected chi connectivity index (χ1v) is 9.03. The molecule has 6 nitrogen and oxygen atoms in total. The van der Waals surface area contributed by atoms with Crippen LogP contribution >= 0.6 is 0 Å². The van der Waals surface area contributed by atoms with Crippen LogP contribution in [0, 0.1) is 6.92 Å². The fourth-order valence-corrected chi connectivity index (χ4v) is 2.80. The number of benzene rings is 1. The minimum absolute atomic E-state index is 0.680. The lowest BCUT2D eigenvalue weighted by Gasteiger charge is -2.06. The Labute approximate surface area is 148 Å². The van der Waals surface area contributed by atoms with Gasteiger partial charge in [-0.25, -0.2) is 9.67 Å². The van der Waals surface area contributed by atoms with Crippen molar-refractivity contribution in [3.63, 3.8) is 0 Å². The second-order valence-corrected chi connectivity index (χ2v) is 6.21. The lowest BCUT2D eigenvalue weighted by molar-refractivity contribution is 0.371. The molecule has 3 aromatic rings. The van der Waals surface area contributed by atoms with Crippen molar-refractivity contribution in [2.24, 2.45) is 0 Å². The molecule has 2 aromatic heterocycles. The molecule has 132 valence electrons. The molecule has 0 aliphatic carbocycles. The molecule has 0 N–H and O–H groups in total. The van der Waals surface area contributed by atoms with E-state index in [9.17, 15) is 0 Å². The Balaban J connectivity index is 1.76. The third-order valence-electron chi connectivity index (χ3n) is 4.14. The average Bonchev–Trinajstić information content (AvgIpc) is 3.22. The highest BCUT2D eigenvalue weighted by Crippen LogP contribution is 2.15. The maximum Gasteiger partial charge on any atom is 0.226 e. The summed E-state index contributed by atoms with van der Waals surface area (Å²) in [5.41, 5.74) is 2.39. The van der Waals surface area contributed by atoms with E-state index in [0.717, 1.165) is 55.9 Å². The Morgan fingerprint density at radius 3 is 2.44 bits per heavy atom. The summed E-state index contributed by atoms with van der Waals surface area (Å²) in [6, 6.07) is 8.55. The van der Waals surface area contributed by atoms with E-state index in [4.69, 9.17) is 14.6 Å². The summed E-state index contributed by atoms with van der Waals surface area (Å²) in [5, 5.41) is 8.54. The zero-order valence-corrected chi connectivity index (χ0v) is 15.2. The van der Waals surface area contributed by atoms with Gasteiger partial charge < -0.3 is 4.52 Å². The van der Waals surface area contributed by atoms with Crippen molar-refractivity contribution in [3.05, 3.63) is 53.2 Å². The molecule has 0 saturated heterocycles. The predicted octanol–water partition coefficient (Wildman–Crippen LogP) is 3.65. The molecular weight excluding hydrogens is 314 g/mol. The van der Waals surface area contributed by atoms with Crippen molar-refractivity contribution in [3.8, 4) is 5.69 Å². The number of rotatable bonds is 8. The summed E-state index contributed by atoms with van der Waals surface area (Å²) in [5.74, 6) is 3.26. The van der Waals surface area contributed by atoms with E-state index in [0.29, 0.717) is 11.7 Å². The van der Waals surface area contributed by atoms with E-state index in [2.05, 4.69) is 48.3 Å². The van der Waals surface area contributed by atoms with Crippen LogP contribution in [-0.4, -0.2) is 24.9 Å². The molecule has 0 aliphatic rings. The molecule has 0 radical (unpaired) electrons. The van der Waals surface area contributed by atoms with Crippen molar-refractivity contribution in [2.45, 2.75) is 59.3 Å². The molecule has 0 spiro atoms. The first-order valence-electron chi connectivity index (χ1n) is 9.03. The van der Waals surface area contributed by atoms with Crippen molar-refractivity contribution >= 4 is 0 Å². The van der Waals surface area contributed by atoms with E-state index in [1.54, 1.807) is 0 Å². The molecule has 0 bridgehead atoms. The molecule has 3 rings (SSSR count). The standard InChI is InChI=1S/C19H25N5O/c1-4-7-17-21-18(8-6-9-19-20-14(3)23-25-19)24(22-17)16-12-10-15(5-2)11-13-16/h10-13H,4-9H2,1-3H3. The summed E-state index contributed by atoms with van der Waals surface area (Å²) in [4.78, 5) is 9.00. The van der Waals surface area contributed by atoms with Crippen LogP contribution in [-0.2, 0) is 25.7 Å². The van der Waals surface area contributed by atoms with Crippen LogP contribution in [0.4, 0.5) is 0 Å². The number of nitrogens with zero attached hydrogens (tertiary/aromatic N) is 5. The number of aryl methyl sites for hydroxylation is 5. The largest absolute Gasteiger partial charge is 0.339 e. The molecule has 0 fully saturated rings. The minimum Gasteiger partial charge on any atom is -0.339 e. The third-order valence-corrected chi connectivity index (χ3v) is 4.14. The highest BCUT2D eigenvalue weighted by Gasteiger charge is 2.12. The van der Waals surface area contributed by atoms with Gasteiger partial charge in [0.25, 0.3) is 0 Å². The van der Waals surface area contributed by atoms with Crippen molar-refractivity contribution in [1.29, 1.82) is 0 Å². The second-order valence-electron chi connectivity index (χ2n) is 6.21. The predicted molar refractivity (Wildman–Crippen MR) is 95.8 cm³/mol. The van der Waals surface area contributed by atoms with Gasteiger partial charge in [0.15, 0.2) is 11.6 Å². The van der Waals surface area contributed by atoms with E-state index >= 15 is 0 Å². The van der Waals surface area contributed by atoms with E-state index < -0.39 is 0 Å². The van der Waals surface area contributed by atoms with Gasteiger partial charge in [0, 0.05) is 19.3 Å². The number of hydrogen-bond donors (Lipinski definition) is 0. The van der Waals surface area contributed by atoms with Gasteiger partial charge in [-0.15, -0.1) is 0 Å². The molecule has 25 heavy (non-hydrogen) atoms. The van der Waals surface area contributed by atoms with Gasteiger partial charge in [-0.2, -0.15) is 10.1 Å². The van der Waals surface area contributed by atoms with Crippen LogP contribution in [0.25, 0.3) is 5.69 Å². The van der Waals surface area contributed by atoms with Crippen LogP contribution in [0.2, 0.25) is 0 Å². The fourth-order valence-electron chi connectivity index (χ4n) is 2.80. The van der Waals surface area contributed by atoms with Crippen LogP contribution in [0.5, 0.6) is 0 Å². The van der Waals surface area contributed by atoms with Gasteiger partial charge >= 0.3 is 0 Å². The lowest BCUT2D eigenvalue weighted by atomic mass is 10.1. The maximum absolute atomic E-state index is 5.18. The van der Waals surface area contributed by atoms with Gasteiger partial charge in [0.1, 0.15) is 5.82 Å². The lowest BCUT2D eigenvalue weighted by Crippen LogP contribution is -2.04. The first-order chi connectivity index (χ1) is 12.2. The van der Waals surface area contributed by atoms with Crippen LogP contribution < -0.4 is 0 Å². The Bertz CT molecular complexity index is 804. The van der Waals surface area contributed by atoms with Crippen LogP contribution in [0.15, 0.2) is 28.8 Å². The zero-order valence-electron chi connectivity index (χ0n) is 15.2. The zero-order chi connectivity index (χ0) is 17.6. The van der Waals surface area contributed by atoms with E-state index in [-0.39, 0.29) is 0 Å². The first kappa shape index (κ1) is 17.3. The van der Waals surface area contributed by atoms with Gasteiger partial charge in [0.05, 0.1) is 5.69 Å². The van der Waals surface area contributed by atoms with E-state index in [1.165, 1.54) is 5.56 Å². The monoisotopic (exact) mass is 339 g/mol. The summed E-state index contributed by atoms with van der Waals surface area (Å²) < 4.78 is 7.16. The minimum atomic E-state index is 0.680. The van der Waals surface area contributed by atoms with E-state index in [1.807, 2.05) is 11.6 Å². The fraction of sp³-hybridized carbons (Fsp3) is 0.474. The summed E-state index contributed by atoms with van der Waals surface area (Å²) >= 11 is 0. The van der Waals surface area contributed by atoms with Crippen molar-refractivity contribution < 1.29 is 4.52 Å². The Kier molecular flexibility index (Phi) is 5.58. The summed E-state index contributed by atoms with van der Waals surface area (Å²) in [6.07, 6.45) is 5.46. The molecule has 0 atom stereocenters. The quantitative estimate of drug-likeness (QED) is 0.626. The van der Waals surface area contributed by atoms with Crippen LogP contribution in [0.3, 0.4) is 0 Å². The maximum atomic E-state index is 5.18. The molecule has 1 aromatic carbocycles. The highest BCUT2D eigenvalue weighted by atomic mass is 16.5. The number of hydrogen-bond acceptors (Lipinski definition) is 5. The average molecular weight is 339 g/mol. The molecule has 0 aliphatic heterocycles. The Morgan fingerprint density at radius 1 is 1.00 bits per heavy atom.